The van der Waals surface area contributed by atoms with Crippen LogP contribution >= 0.6 is 11.3 Å². The second-order valence-corrected chi connectivity index (χ2v) is 6.87. The number of likely N-dealkylation sites (tertiary alicyclic amines) is 1. The van der Waals surface area contributed by atoms with Gasteiger partial charge >= 0.3 is 0 Å². The maximum Gasteiger partial charge on any atom is 0.231 e. The fourth-order valence-corrected chi connectivity index (χ4v) is 2.68. The molecule has 2 amide bonds. The second-order valence-electron chi connectivity index (χ2n) is 5.69. The lowest BCUT2D eigenvalue weighted by atomic mass is 10.1. The van der Waals surface area contributed by atoms with Crippen molar-refractivity contribution in [3.05, 3.63) is 5.01 Å². The number of anilines is 1. The van der Waals surface area contributed by atoms with E-state index in [2.05, 4.69) is 15.5 Å². The fraction of sp³-hybridized carbons (Fsp3) is 0.667. The van der Waals surface area contributed by atoms with Crippen LogP contribution in [-0.2, 0) is 9.59 Å². The summed E-state index contributed by atoms with van der Waals surface area (Å²) in [5.41, 5.74) is -0.245. The molecule has 0 bridgehead atoms. The van der Waals surface area contributed by atoms with Crippen LogP contribution in [0.4, 0.5) is 5.13 Å². The standard InChI is InChI=1S/C12H18N4O2S/c1-7-14-15-11(19-7)13-10(18)8-5-9(17)16(6-8)12(2,3)4/h8H,5-6H2,1-4H3,(H,13,15,18)/t8-/m0/s1. The molecule has 0 spiro atoms. The predicted molar refractivity (Wildman–Crippen MR) is 72.8 cm³/mol. The van der Waals surface area contributed by atoms with Crippen LogP contribution in [0.15, 0.2) is 0 Å². The summed E-state index contributed by atoms with van der Waals surface area (Å²) in [6.07, 6.45) is 0.265. The summed E-state index contributed by atoms with van der Waals surface area (Å²) in [6.45, 7) is 8.21. The molecule has 1 aromatic heterocycles. The molecule has 19 heavy (non-hydrogen) atoms. The van der Waals surface area contributed by atoms with Crippen molar-refractivity contribution >= 4 is 28.3 Å². The van der Waals surface area contributed by atoms with Gasteiger partial charge in [-0.1, -0.05) is 11.3 Å². The number of hydrogen-bond acceptors (Lipinski definition) is 5. The van der Waals surface area contributed by atoms with Crippen LogP contribution < -0.4 is 5.32 Å². The monoisotopic (exact) mass is 282 g/mol. The number of carbonyl (C=O) groups excluding carboxylic acids is 2. The van der Waals surface area contributed by atoms with Crippen LogP contribution in [0.3, 0.4) is 0 Å². The smallest absolute Gasteiger partial charge is 0.231 e. The summed E-state index contributed by atoms with van der Waals surface area (Å²) >= 11 is 1.33. The minimum absolute atomic E-state index is 0.0288. The highest BCUT2D eigenvalue weighted by atomic mass is 32.1. The average molecular weight is 282 g/mol. The Morgan fingerprint density at radius 1 is 1.42 bits per heavy atom. The molecule has 2 heterocycles. The molecule has 7 heteroatoms. The summed E-state index contributed by atoms with van der Waals surface area (Å²) < 4.78 is 0. The van der Waals surface area contributed by atoms with Crippen LogP contribution in [0.25, 0.3) is 0 Å². The SMILES string of the molecule is Cc1nnc(NC(=O)[C@H]2CC(=O)N(C(C)(C)C)C2)s1. The zero-order valence-corrected chi connectivity index (χ0v) is 12.4. The molecular formula is C12H18N4O2S. The number of aromatic nitrogens is 2. The molecule has 1 atom stereocenters. The Balaban J connectivity index is 2.00. The molecule has 1 aliphatic rings. The van der Waals surface area contributed by atoms with Crippen molar-refractivity contribution in [1.82, 2.24) is 15.1 Å². The third-order valence-corrected chi connectivity index (χ3v) is 3.82. The summed E-state index contributed by atoms with van der Waals surface area (Å²) in [5.74, 6) is -0.437. The van der Waals surface area contributed by atoms with Crippen LogP contribution in [0.2, 0.25) is 0 Å². The number of carbonyl (C=O) groups is 2. The van der Waals surface area contributed by atoms with Gasteiger partial charge in [0.25, 0.3) is 0 Å². The molecule has 1 N–H and O–H groups in total. The van der Waals surface area contributed by atoms with Gasteiger partial charge in [-0.3, -0.25) is 9.59 Å². The highest BCUT2D eigenvalue weighted by molar-refractivity contribution is 7.15. The van der Waals surface area contributed by atoms with Gasteiger partial charge in [0, 0.05) is 18.5 Å². The van der Waals surface area contributed by atoms with E-state index in [1.165, 1.54) is 11.3 Å². The molecule has 0 aliphatic carbocycles. The quantitative estimate of drug-likeness (QED) is 0.890. The first-order valence-corrected chi connectivity index (χ1v) is 7.00. The largest absolute Gasteiger partial charge is 0.337 e. The Hall–Kier alpha value is -1.50. The van der Waals surface area contributed by atoms with Crippen LogP contribution in [0, 0.1) is 12.8 Å². The van der Waals surface area contributed by atoms with Crippen LogP contribution in [0.5, 0.6) is 0 Å². The minimum atomic E-state index is -0.309. The van der Waals surface area contributed by atoms with Crippen LogP contribution in [-0.4, -0.2) is 39.0 Å². The van der Waals surface area contributed by atoms with Crippen molar-refractivity contribution in [3.63, 3.8) is 0 Å². The summed E-state index contributed by atoms with van der Waals surface area (Å²) in [4.78, 5) is 25.8. The zero-order chi connectivity index (χ0) is 14.2. The number of nitrogens with one attached hydrogen (secondary N) is 1. The van der Waals surface area contributed by atoms with Gasteiger partial charge in [-0.05, 0) is 27.7 Å². The van der Waals surface area contributed by atoms with Gasteiger partial charge < -0.3 is 10.2 Å². The van der Waals surface area contributed by atoms with E-state index < -0.39 is 0 Å². The van der Waals surface area contributed by atoms with Gasteiger partial charge in [-0.2, -0.15) is 0 Å². The van der Waals surface area contributed by atoms with Gasteiger partial charge in [0.15, 0.2) is 0 Å². The molecule has 1 saturated heterocycles. The first-order valence-electron chi connectivity index (χ1n) is 6.19. The predicted octanol–water partition coefficient (Wildman–Crippen LogP) is 1.43. The van der Waals surface area contributed by atoms with Crippen molar-refractivity contribution in [2.75, 3.05) is 11.9 Å². The summed E-state index contributed by atoms with van der Waals surface area (Å²) in [7, 11) is 0. The summed E-state index contributed by atoms with van der Waals surface area (Å²) in [5, 5.41) is 11.7. The number of hydrogen-bond donors (Lipinski definition) is 1. The molecule has 1 aliphatic heterocycles. The van der Waals surface area contributed by atoms with Crippen LogP contribution in [0.1, 0.15) is 32.2 Å². The van der Waals surface area contributed by atoms with Gasteiger partial charge in [-0.15, -0.1) is 10.2 Å². The number of amides is 2. The van der Waals surface area contributed by atoms with Crippen molar-refractivity contribution in [2.45, 2.75) is 39.7 Å². The van der Waals surface area contributed by atoms with E-state index in [1.807, 2.05) is 27.7 Å². The van der Waals surface area contributed by atoms with E-state index in [4.69, 9.17) is 0 Å². The minimum Gasteiger partial charge on any atom is -0.337 e. The van der Waals surface area contributed by atoms with E-state index in [9.17, 15) is 9.59 Å². The third kappa shape index (κ3) is 3.09. The Bertz CT molecular complexity index is 506. The van der Waals surface area contributed by atoms with Gasteiger partial charge in [0.1, 0.15) is 5.01 Å². The van der Waals surface area contributed by atoms with E-state index >= 15 is 0 Å². The topological polar surface area (TPSA) is 75.2 Å². The van der Waals surface area contributed by atoms with Crippen molar-refractivity contribution in [1.29, 1.82) is 0 Å². The van der Waals surface area contributed by atoms with Crippen molar-refractivity contribution in [3.8, 4) is 0 Å². The Morgan fingerprint density at radius 2 is 2.11 bits per heavy atom. The normalized spacial score (nSPS) is 19.9. The zero-order valence-electron chi connectivity index (χ0n) is 11.6. The summed E-state index contributed by atoms with van der Waals surface area (Å²) in [6, 6.07) is 0. The molecular weight excluding hydrogens is 264 g/mol. The molecule has 0 aromatic carbocycles. The fourth-order valence-electron chi connectivity index (χ4n) is 2.09. The first-order chi connectivity index (χ1) is 8.77. The maximum atomic E-state index is 12.1. The first kappa shape index (κ1) is 13.9. The molecule has 104 valence electrons. The van der Waals surface area contributed by atoms with Crippen molar-refractivity contribution < 1.29 is 9.59 Å². The highest BCUT2D eigenvalue weighted by Gasteiger charge is 2.39. The Morgan fingerprint density at radius 3 is 2.58 bits per heavy atom. The molecule has 0 unspecified atom stereocenters. The average Bonchev–Trinajstić information content (AvgIpc) is 2.84. The van der Waals surface area contributed by atoms with E-state index in [0.717, 1.165) is 5.01 Å². The second kappa shape index (κ2) is 4.88. The van der Waals surface area contributed by atoms with Gasteiger partial charge in [-0.25, -0.2) is 0 Å². The molecule has 0 saturated carbocycles. The Kier molecular flexibility index (Phi) is 3.58. The number of aryl methyl sites for hydroxylation is 1. The third-order valence-electron chi connectivity index (χ3n) is 3.06. The number of rotatable bonds is 2. The maximum absolute atomic E-state index is 12.1. The van der Waals surface area contributed by atoms with Gasteiger partial charge in [0.2, 0.25) is 16.9 Å². The molecule has 2 rings (SSSR count). The molecule has 1 aromatic rings. The van der Waals surface area contributed by atoms with Gasteiger partial charge in [0.05, 0.1) is 5.92 Å². The van der Waals surface area contributed by atoms with E-state index in [-0.39, 0.29) is 29.7 Å². The molecule has 6 nitrogen and oxygen atoms in total. The Labute approximate surface area is 116 Å². The lowest BCUT2D eigenvalue weighted by molar-refractivity contribution is -0.131. The van der Waals surface area contributed by atoms with E-state index in [1.54, 1.807) is 4.90 Å². The van der Waals surface area contributed by atoms with Crippen molar-refractivity contribution in [2.24, 2.45) is 5.92 Å². The lowest BCUT2D eigenvalue weighted by Crippen LogP contribution is -2.42. The number of nitrogens with zero attached hydrogens (tertiary/aromatic N) is 3. The highest BCUT2D eigenvalue weighted by Crippen LogP contribution is 2.27. The molecule has 1 fully saturated rings. The van der Waals surface area contributed by atoms with E-state index in [0.29, 0.717) is 11.7 Å². The lowest BCUT2D eigenvalue weighted by Gasteiger charge is -2.31. The molecule has 0 radical (unpaired) electrons.